The van der Waals surface area contributed by atoms with Gasteiger partial charge in [-0.3, -0.25) is 4.79 Å². The van der Waals surface area contributed by atoms with Crippen molar-refractivity contribution in [1.29, 1.82) is 0 Å². The molecular weight excluding hydrogens is 435 g/mol. The van der Waals surface area contributed by atoms with Gasteiger partial charge in [0.25, 0.3) is 0 Å². The number of carbonyl (C=O) groups excluding carboxylic acids is 1. The average molecular weight is 453 g/mol. The number of oxazole rings is 1. The molecule has 1 heterocycles. The number of ether oxygens (including phenoxy) is 1. The van der Waals surface area contributed by atoms with Crippen molar-refractivity contribution in [3.8, 4) is 17.2 Å². The third-order valence-corrected chi connectivity index (χ3v) is 5.11. The summed E-state index contributed by atoms with van der Waals surface area (Å²) in [5.41, 5.74) is 4.55. The standard InChI is InChI=1S/C24H18Cl2N2O3/c1-14-3-5-15(6-4-14)24-28-20-13-18(8-9-21(20)31-24)27-22(29)10-7-16-11-17(25)12-19(26)23(16)30-2/h3-13H,1-2H3,(H,27,29). The predicted molar refractivity (Wildman–Crippen MR) is 125 cm³/mol. The molecule has 0 aliphatic rings. The maximum atomic E-state index is 12.4. The first-order valence-electron chi connectivity index (χ1n) is 9.42. The maximum Gasteiger partial charge on any atom is 0.248 e. The zero-order valence-corrected chi connectivity index (χ0v) is 18.3. The van der Waals surface area contributed by atoms with Gasteiger partial charge in [0.2, 0.25) is 11.8 Å². The van der Waals surface area contributed by atoms with Crippen LogP contribution in [-0.2, 0) is 4.79 Å². The molecule has 4 aromatic rings. The molecule has 0 fully saturated rings. The van der Waals surface area contributed by atoms with Gasteiger partial charge in [0.05, 0.1) is 12.1 Å². The molecule has 156 valence electrons. The Hall–Kier alpha value is -3.28. The molecule has 0 aliphatic heterocycles. The molecule has 0 bridgehead atoms. The lowest BCUT2D eigenvalue weighted by Gasteiger charge is -2.08. The van der Waals surface area contributed by atoms with Crippen LogP contribution in [-0.4, -0.2) is 18.0 Å². The van der Waals surface area contributed by atoms with E-state index in [0.29, 0.717) is 44.0 Å². The lowest BCUT2D eigenvalue weighted by atomic mass is 10.1. The minimum atomic E-state index is -0.320. The van der Waals surface area contributed by atoms with Crippen LogP contribution in [0.15, 0.2) is 65.1 Å². The van der Waals surface area contributed by atoms with Gasteiger partial charge >= 0.3 is 0 Å². The number of hydrogen-bond acceptors (Lipinski definition) is 4. The van der Waals surface area contributed by atoms with Crippen molar-refractivity contribution in [2.75, 3.05) is 12.4 Å². The lowest BCUT2D eigenvalue weighted by molar-refractivity contribution is -0.111. The van der Waals surface area contributed by atoms with Crippen LogP contribution in [0.2, 0.25) is 10.0 Å². The Morgan fingerprint density at radius 1 is 1.10 bits per heavy atom. The Kier molecular flexibility index (Phi) is 5.98. The topological polar surface area (TPSA) is 64.4 Å². The number of aryl methyl sites for hydroxylation is 1. The predicted octanol–water partition coefficient (Wildman–Crippen LogP) is 6.77. The molecule has 0 saturated heterocycles. The Balaban J connectivity index is 1.53. The molecule has 0 spiro atoms. The molecule has 0 atom stereocenters. The SMILES string of the molecule is COc1c(Cl)cc(Cl)cc1C=CC(=O)Nc1ccc2oc(-c3ccc(C)cc3)nc2c1. The Morgan fingerprint density at radius 3 is 2.61 bits per heavy atom. The highest BCUT2D eigenvalue weighted by Crippen LogP contribution is 2.33. The van der Waals surface area contributed by atoms with Gasteiger partial charge in [-0.1, -0.05) is 40.9 Å². The molecule has 1 aromatic heterocycles. The highest BCUT2D eigenvalue weighted by molar-refractivity contribution is 6.36. The van der Waals surface area contributed by atoms with E-state index in [0.717, 1.165) is 11.1 Å². The zero-order chi connectivity index (χ0) is 22.0. The van der Waals surface area contributed by atoms with Crippen LogP contribution in [0.25, 0.3) is 28.6 Å². The van der Waals surface area contributed by atoms with E-state index in [1.807, 2.05) is 31.2 Å². The Bertz CT molecular complexity index is 1290. The number of aromatic nitrogens is 1. The number of rotatable bonds is 5. The van der Waals surface area contributed by atoms with Gasteiger partial charge < -0.3 is 14.5 Å². The van der Waals surface area contributed by atoms with Crippen LogP contribution in [0, 0.1) is 6.92 Å². The summed E-state index contributed by atoms with van der Waals surface area (Å²) in [4.78, 5) is 16.9. The smallest absolute Gasteiger partial charge is 0.248 e. The van der Waals surface area contributed by atoms with Crippen molar-refractivity contribution >= 4 is 52.0 Å². The number of amides is 1. The van der Waals surface area contributed by atoms with Crippen LogP contribution < -0.4 is 10.1 Å². The summed E-state index contributed by atoms with van der Waals surface area (Å²) in [7, 11) is 1.50. The van der Waals surface area contributed by atoms with E-state index in [1.165, 1.54) is 13.2 Å². The van der Waals surface area contributed by atoms with Crippen LogP contribution in [0.5, 0.6) is 5.75 Å². The van der Waals surface area contributed by atoms with Gasteiger partial charge in [-0.2, -0.15) is 0 Å². The number of nitrogens with one attached hydrogen (secondary N) is 1. The summed E-state index contributed by atoms with van der Waals surface area (Å²) in [5.74, 6) is 0.658. The molecule has 1 N–H and O–H groups in total. The molecule has 31 heavy (non-hydrogen) atoms. The molecule has 5 nitrogen and oxygen atoms in total. The molecule has 3 aromatic carbocycles. The second-order valence-corrected chi connectivity index (χ2v) is 7.74. The summed E-state index contributed by atoms with van der Waals surface area (Å²) in [5, 5.41) is 3.64. The minimum absolute atomic E-state index is 0.320. The number of carbonyl (C=O) groups is 1. The second kappa shape index (κ2) is 8.84. The second-order valence-electron chi connectivity index (χ2n) is 6.90. The Morgan fingerprint density at radius 2 is 1.87 bits per heavy atom. The fraction of sp³-hybridized carbons (Fsp3) is 0.0833. The van der Waals surface area contributed by atoms with Crippen LogP contribution in [0.1, 0.15) is 11.1 Å². The van der Waals surface area contributed by atoms with E-state index in [1.54, 1.807) is 36.4 Å². The molecular formula is C24H18Cl2N2O3. The van der Waals surface area contributed by atoms with Crippen molar-refractivity contribution in [1.82, 2.24) is 4.98 Å². The fourth-order valence-electron chi connectivity index (χ4n) is 3.09. The summed E-state index contributed by atoms with van der Waals surface area (Å²) in [6.45, 7) is 2.02. The number of fused-ring (bicyclic) bond motifs is 1. The third kappa shape index (κ3) is 4.74. The van der Waals surface area contributed by atoms with E-state index in [9.17, 15) is 4.79 Å². The third-order valence-electron chi connectivity index (χ3n) is 4.61. The van der Waals surface area contributed by atoms with Crippen molar-refractivity contribution in [3.05, 3.63) is 81.8 Å². The van der Waals surface area contributed by atoms with E-state index in [4.69, 9.17) is 32.4 Å². The summed E-state index contributed by atoms with van der Waals surface area (Å²) >= 11 is 12.2. The van der Waals surface area contributed by atoms with Crippen LogP contribution in [0.4, 0.5) is 5.69 Å². The molecule has 1 amide bonds. The van der Waals surface area contributed by atoms with Crippen molar-refractivity contribution < 1.29 is 13.9 Å². The number of benzene rings is 3. The monoisotopic (exact) mass is 452 g/mol. The molecule has 0 aliphatic carbocycles. The van der Waals surface area contributed by atoms with Gasteiger partial charge in [0.15, 0.2) is 5.58 Å². The molecule has 0 radical (unpaired) electrons. The van der Waals surface area contributed by atoms with E-state index in [-0.39, 0.29) is 5.91 Å². The lowest BCUT2D eigenvalue weighted by Crippen LogP contribution is -2.07. The zero-order valence-electron chi connectivity index (χ0n) is 16.8. The molecule has 0 unspecified atom stereocenters. The average Bonchev–Trinajstić information content (AvgIpc) is 3.16. The molecule has 7 heteroatoms. The summed E-state index contributed by atoms with van der Waals surface area (Å²) in [6, 6.07) is 16.5. The fourth-order valence-corrected chi connectivity index (χ4v) is 3.68. The van der Waals surface area contributed by atoms with Crippen LogP contribution >= 0.6 is 23.2 Å². The van der Waals surface area contributed by atoms with Gasteiger partial charge in [0, 0.05) is 27.9 Å². The van der Waals surface area contributed by atoms with Crippen LogP contribution in [0.3, 0.4) is 0 Å². The number of halogens is 2. The van der Waals surface area contributed by atoms with E-state index < -0.39 is 0 Å². The van der Waals surface area contributed by atoms with Gasteiger partial charge in [0.1, 0.15) is 11.3 Å². The first-order valence-corrected chi connectivity index (χ1v) is 10.2. The molecule has 0 saturated carbocycles. The van der Waals surface area contributed by atoms with Gasteiger partial charge in [-0.05, 0) is 55.5 Å². The first kappa shape index (κ1) is 21.0. The van der Waals surface area contributed by atoms with Crippen molar-refractivity contribution in [3.63, 3.8) is 0 Å². The number of hydrogen-bond donors (Lipinski definition) is 1. The first-order chi connectivity index (χ1) is 14.9. The van der Waals surface area contributed by atoms with E-state index in [2.05, 4.69) is 10.3 Å². The molecule has 4 rings (SSSR count). The number of methoxy groups -OCH3 is 1. The van der Waals surface area contributed by atoms with Gasteiger partial charge in [-0.25, -0.2) is 4.98 Å². The highest BCUT2D eigenvalue weighted by atomic mass is 35.5. The van der Waals surface area contributed by atoms with Crippen molar-refractivity contribution in [2.45, 2.75) is 6.92 Å². The minimum Gasteiger partial charge on any atom is -0.495 e. The number of anilines is 1. The highest BCUT2D eigenvalue weighted by Gasteiger charge is 2.10. The van der Waals surface area contributed by atoms with E-state index >= 15 is 0 Å². The van der Waals surface area contributed by atoms with Crippen molar-refractivity contribution in [2.24, 2.45) is 0 Å². The maximum absolute atomic E-state index is 12.4. The summed E-state index contributed by atoms with van der Waals surface area (Å²) < 4.78 is 11.1. The normalized spacial score (nSPS) is 11.2. The van der Waals surface area contributed by atoms with Gasteiger partial charge in [-0.15, -0.1) is 0 Å². The number of nitrogens with zero attached hydrogens (tertiary/aromatic N) is 1. The largest absolute Gasteiger partial charge is 0.495 e. The summed E-state index contributed by atoms with van der Waals surface area (Å²) in [6.07, 6.45) is 2.98. The quantitative estimate of drug-likeness (QED) is 0.339. The Labute approximate surface area is 189 Å².